The van der Waals surface area contributed by atoms with Gasteiger partial charge in [0.25, 0.3) is 0 Å². The molecule has 1 saturated heterocycles. The third kappa shape index (κ3) is 6.03. The topological polar surface area (TPSA) is 139 Å². The van der Waals surface area contributed by atoms with Crippen molar-refractivity contribution in [3.05, 3.63) is 0 Å². The Morgan fingerprint density at radius 3 is 0.941 bits per heavy atom. The molecule has 0 aliphatic carbocycles. The summed E-state index contributed by atoms with van der Waals surface area (Å²) in [5.41, 5.74) is 0. The Hall–Kier alpha value is -3.18. The maximum Gasteiger partial charge on any atom is 0.245 e. The average Bonchev–Trinajstić information content (AvgIpc) is 2.81. The van der Waals surface area contributed by atoms with E-state index in [0.29, 0.717) is 0 Å². The number of rotatable bonds is 0. The predicted molar refractivity (Wildman–Crippen MR) is 124 cm³/mol. The second-order valence-corrected chi connectivity index (χ2v) is 8.96. The Balaban J connectivity index is 3.37. The van der Waals surface area contributed by atoms with Crippen molar-refractivity contribution in [2.45, 2.75) is 77.8 Å². The van der Waals surface area contributed by atoms with Gasteiger partial charge in [0.15, 0.2) is 0 Å². The van der Waals surface area contributed by atoms with Gasteiger partial charge >= 0.3 is 0 Å². The predicted octanol–water partition coefficient (Wildman–Crippen LogP) is -1.60. The number of likely N-dealkylation sites (N-methyl/N-ethyl adjacent to an activating group) is 4. The Labute approximate surface area is 201 Å². The SMILES string of the molecule is C[C@@H]1NC(=O)[C@H](C)N(C)C(=O)[C@H](C)N(C)C(=O)[C@H](C)NC(=O)[C@H](C)N(C)C(=O)[C@@H](C)N(C)C1=O. The molecule has 1 fully saturated rings. The van der Waals surface area contributed by atoms with Crippen LogP contribution < -0.4 is 10.6 Å². The number of hydrogen-bond acceptors (Lipinski definition) is 6. The minimum atomic E-state index is -0.967. The molecule has 34 heavy (non-hydrogen) atoms. The summed E-state index contributed by atoms with van der Waals surface area (Å²) in [7, 11) is 5.73. The maximum atomic E-state index is 12.9. The quantitative estimate of drug-likeness (QED) is 0.426. The lowest BCUT2D eigenvalue weighted by Crippen LogP contribution is -2.60. The highest BCUT2D eigenvalue weighted by Crippen LogP contribution is 2.10. The molecule has 1 heterocycles. The molecule has 12 nitrogen and oxygen atoms in total. The minimum Gasteiger partial charge on any atom is -0.343 e. The van der Waals surface area contributed by atoms with Gasteiger partial charge < -0.3 is 30.2 Å². The molecule has 0 unspecified atom stereocenters. The van der Waals surface area contributed by atoms with Gasteiger partial charge in [-0.1, -0.05) is 0 Å². The molecule has 192 valence electrons. The van der Waals surface area contributed by atoms with Crippen molar-refractivity contribution in [3.8, 4) is 0 Å². The summed E-state index contributed by atoms with van der Waals surface area (Å²) in [6.07, 6.45) is 0. The van der Waals surface area contributed by atoms with Crippen molar-refractivity contribution in [2.75, 3.05) is 28.2 Å². The Bertz CT molecular complexity index is 780. The lowest BCUT2D eigenvalue weighted by atomic mass is 10.1. The van der Waals surface area contributed by atoms with Gasteiger partial charge in [0.05, 0.1) is 0 Å². The van der Waals surface area contributed by atoms with Crippen LogP contribution in [0.1, 0.15) is 41.5 Å². The van der Waals surface area contributed by atoms with Crippen LogP contribution in [0.25, 0.3) is 0 Å². The molecule has 0 radical (unpaired) electrons. The molecule has 0 aromatic heterocycles. The number of amides is 6. The van der Waals surface area contributed by atoms with Gasteiger partial charge in [0.1, 0.15) is 36.3 Å². The van der Waals surface area contributed by atoms with Gasteiger partial charge in [0.2, 0.25) is 35.4 Å². The van der Waals surface area contributed by atoms with Gasteiger partial charge in [0, 0.05) is 28.2 Å². The summed E-state index contributed by atoms with van der Waals surface area (Å²) < 4.78 is 0. The van der Waals surface area contributed by atoms with Crippen LogP contribution >= 0.6 is 0 Å². The highest BCUT2D eigenvalue weighted by Gasteiger charge is 2.36. The first kappa shape index (κ1) is 28.9. The molecule has 1 aliphatic heterocycles. The zero-order valence-corrected chi connectivity index (χ0v) is 21.7. The molecule has 1 rings (SSSR count). The van der Waals surface area contributed by atoms with E-state index in [1.807, 2.05) is 0 Å². The van der Waals surface area contributed by atoms with E-state index in [2.05, 4.69) is 10.6 Å². The first-order valence-corrected chi connectivity index (χ1v) is 11.2. The first-order valence-electron chi connectivity index (χ1n) is 11.2. The molecule has 0 bridgehead atoms. The van der Waals surface area contributed by atoms with Crippen LogP contribution in [0, 0.1) is 0 Å². The Morgan fingerprint density at radius 2 is 0.676 bits per heavy atom. The molecular weight excluding hydrogens is 444 g/mol. The molecule has 0 spiro atoms. The van der Waals surface area contributed by atoms with E-state index in [-0.39, 0.29) is 0 Å². The molecule has 6 amide bonds. The summed E-state index contributed by atoms with van der Waals surface area (Å²) in [5.74, 6) is -3.10. The summed E-state index contributed by atoms with van der Waals surface area (Å²) in [4.78, 5) is 81.8. The summed E-state index contributed by atoms with van der Waals surface area (Å²) in [6, 6.07) is -5.63. The Morgan fingerprint density at radius 1 is 0.441 bits per heavy atom. The van der Waals surface area contributed by atoms with Gasteiger partial charge in [-0.05, 0) is 41.5 Å². The second kappa shape index (κ2) is 11.3. The van der Waals surface area contributed by atoms with Crippen molar-refractivity contribution in [3.63, 3.8) is 0 Å². The van der Waals surface area contributed by atoms with Gasteiger partial charge in [-0.3, -0.25) is 28.8 Å². The molecule has 6 atom stereocenters. The summed E-state index contributed by atoms with van der Waals surface area (Å²) >= 11 is 0. The molecule has 0 aromatic rings. The molecule has 2 N–H and O–H groups in total. The zero-order valence-electron chi connectivity index (χ0n) is 21.7. The summed E-state index contributed by atoms with van der Waals surface area (Å²) in [5, 5.41) is 5.15. The fourth-order valence-electron chi connectivity index (χ4n) is 3.44. The third-order valence-electron chi connectivity index (χ3n) is 6.65. The van der Waals surface area contributed by atoms with Gasteiger partial charge in [-0.2, -0.15) is 0 Å². The first-order chi connectivity index (χ1) is 15.5. The number of carbonyl (C=O) groups excluding carboxylic acids is 6. The fourth-order valence-corrected chi connectivity index (χ4v) is 3.44. The molecule has 0 saturated carbocycles. The van der Waals surface area contributed by atoms with Crippen molar-refractivity contribution in [1.29, 1.82) is 0 Å². The Kier molecular flexibility index (Phi) is 9.59. The van der Waals surface area contributed by atoms with E-state index in [0.717, 1.165) is 0 Å². The van der Waals surface area contributed by atoms with Crippen LogP contribution in [0.2, 0.25) is 0 Å². The largest absolute Gasteiger partial charge is 0.343 e. The maximum absolute atomic E-state index is 12.9. The van der Waals surface area contributed by atoms with Crippen molar-refractivity contribution in [1.82, 2.24) is 30.2 Å². The fraction of sp³-hybridized carbons (Fsp3) is 0.727. The standard InChI is InChI=1S/C22H38N6O6/c1-11-19(31)27(9)15(5)21(33)26(8)14(4)18(30)24-12(2)20(32)28(10)16(6)22(34)25(7)13(3)17(29)23-11/h11-16H,1-10H3,(H,23,29)(H,24,30)/t11-,12-,13-,14-,15-,16+/m0/s1. The summed E-state index contributed by atoms with van der Waals surface area (Å²) in [6.45, 7) is 9.02. The van der Waals surface area contributed by atoms with Crippen LogP contribution in [-0.2, 0) is 28.8 Å². The average molecular weight is 483 g/mol. The van der Waals surface area contributed by atoms with Crippen molar-refractivity contribution >= 4 is 35.4 Å². The number of hydrogen-bond donors (Lipinski definition) is 2. The van der Waals surface area contributed by atoms with Gasteiger partial charge in [-0.25, -0.2) is 0 Å². The van der Waals surface area contributed by atoms with Crippen molar-refractivity contribution < 1.29 is 28.8 Å². The lowest BCUT2D eigenvalue weighted by molar-refractivity contribution is -0.150. The third-order valence-corrected chi connectivity index (χ3v) is 6.65. The zero-order chi connectivity index (χ0) is 26.7. The molecule has 12 heteroatoms. The molecule has 0 aromatic carbocycles. The van der Waals surface area contributed by atoms with E-state index in [1.165, 1.54) is 89.3 Å². The van der Waals surface area contributed by atoms with Crippen LogP contribution in [0.5, 0.6) is 0 Å². The molecular formula is C22H38N6O6. The van der Waals surface area contributed by atoms with E-state index < -0.39 is 71.7 Å². The monoisotopic (exact) mass is 482 g/mol. The minimum absolute atomic E-state index is 0.485. The smallest absolute Gasteiger partial charge is 0.245 e. The highest BCUT2D eigenvalue weighted by molar-refractivity contribution is 5.97. The second-order valence-electron chi connectivity index (χ2n) is 8.96. The van der Waals surface area contributed by atoms with E-state index >= 15 is 0 Å². The van der Waals surface area contributed by atoms with Gasteiger partial charge in [-0.15, -0.1) is 0 Å². The number of nitrogens with zero attached hydrogens (tertiary/aromatic N) is 4. The van der Waals surface area contributed by atoms with Crippen LogP contribution in [0.3, 0.4) is 0 Å². The number of carbonyl (C=O) groups is 6. The van der Waals surface area contributed by atoms with E-state index in [9.17, 15) is 28.8 Å². The lowest BCUT2D eigenvalue weighted by Gasteiger charge is -2.35. The van der Waals surface area contributed by atoms with Crippen LogP contribution in [-0.4, -0.2) is 119 Å². The van der Waals surface area contributed by atoms with E-state index in [1.54, 1.807) is 0 Å². The molecule has 1 aliphatic rings. The van der Waals surface area contributed by atoms with Crippen LogP contribution in [0.4, 0.5) is 0 Å². The number of nitrogens with one attached hydrogen (secondary N) is 2. The van der Waals surface area contributed by atoms with E-state index in [4.69, 9.17) is 0 Å². The highest BCUT2D eigenvalue weighted by atomic mass is 16.2. The normalized spacial score (nSPS) is 31.8. The van der Waals surface area contributed by atoms with Crippen molar-refractivity contribution in [2.24, 2.45) is 0 Å². The van der Waals surface area contributed by atoms with Crippen LogP contribution in [0.15, 0.2) is 0 Å².